The maximum absolute atomic E-state index is 14.2. The zero-order valence-electron chi connectivity index (χ0n) is 38.7. The molecule has 2 saturated heterocycles. The Hall–Kier alpha value is -3.37. The van der Waals surface area contributed by atoms with Crippen molar-refractivity contribution in [1.82, 2.24) is 4.90 Å². The molecular formula is C49H75NO13. The summed E-state index contributed by atoms with van der Waals surface area (Å²) in [6.07, 6.45) is 8.26. The first-order valence-electron chi connectivity index (χ1n) is 23.2. The number of ketones is 3. The second kappa shape index (κ2) is 23.7. The Bertz CT molecular complexity index is 1720. The first-order valence-corrected chi connectivity index (χ1v) is 23.2. The van der Waals surface area contributed by atoms with E-state index in [0.717, 1.165) is 10.5 Å². The predicted octanol–water partition coefficient (Wildman–Crippen LogP) is 4.87. The van der Waals surface area contributed by atoms with E-state index in [0.29, 0.717) is 64.2 Å². The number of hydrogen-bond donors (Lipinski definition) is 5. The van der Waals surface area contributed by atoms with E-state index in [1.165, 1.54) is 13.0 Å². The predicted molar refractivity (Wildman–Crippen MR) is 236 cm³/mol. The summed E-state index contributed by atoms with van der Waals surface area (Å²) in [4.78, 5) is 70.9. The molecule has 0 aromatic heterocycles. The standard InChI is InChI=1S/C49H75NO13/c1-28-14-10-9-11-15-29(2)41(61-8)26-36-19-17-34(7)49(60,63-36)46(57)47(58)50-21-13-12-16-37(50)48(59)62-42(31(4)24-35-18-20-38(51)40(53)25-35)27-39(52)30(3)23-33(6)44(55)45(56)43(54)32(5)22-28/h9-11,14-15,23,28,30-32,34-38,40-42,44-45,51,53,55-56,60H,12-13,16-22,24-27H2,1-8H3/b11-9+,14-10+,29-15+,33-23+/t28-,30-,31-,32-,34-,35+,36+,37+,38-,40-,41+,42?,44-,45+,49-/m1/s1. The molecule has 2 bridgehead atoms. The van der Waals surface area contributed by atoms with Crippen LogP contribution in [0.4, 0.5) is 0 Å². The largest absolute Gasteiger partial charge is 0.460 e. The lowest BCUT2D eigenvalue weighted by molar-refractivity contribution is -0.265. The third-order valence-electron chi connectivity index (χ3n) is 14.0. The van der Waals surface area contributed by atoms with Crippen LogP contribution in [0.3, 0.4) is 0 Å². The van der Waals surface area contributed by atoms with Crippen molar-refractivity contribution >= 4 is 29.2 Å². The summed E-state index contributed by atoms with van der Waals surface area (Å²) in [5, 5.41) is 54.5. The smallest absolute Gasteiger partial charge is 0.329 e. The molecule has 4 aliphatic rings. The minimum Gasteiger partial charge on any atom is -0.460 e. The fourth-order valence-corrected chi connectivity index (χ4v) is 9.66. The number of hydrogen-bond acceptors (Lipinski definition) is 13. The molecule has 354 valence electrons. The van der Waals surface area contributed by atoms with E-state index in [1.54, 1.807) is 27.9 Å². The molecule has 1 amide bonds. The third kappa shape index (κ3) is 13.8. The van der Waals surface area contributed by atoms with Gasteiger partial charge in [-0.25, -0.2) is 4.79 Å². The minimum atomic E-state index is -2.44. The Kier molecular flexibility index (Phi) is 19.7. The van der Waals surface area contributed by atoms with Crippen molar-refractivity contribution in [3.05, 3.63) is 47.6 Å². The topological polar surface area (TPSA) is 217 Å². The molecule has 4 rings (SSSR count). The van der Waals surface area contributed by atoms with E-state index in [4.69, 9.17) is 14.2 Å². The summed E-state index contributed by atoms with van der Waals surface area (Å²) in [6.45, 7) is 12.3. The summed E-state index contributed by atoms with van der Waals surface area (Å²) < 4.78 is 18.1. The quantitative estimate of drug-likeness (QED) is 0.145. The highest BCUT2D eigenvalue weighted by atomic mass is 16.6. The lowest BCUT2D eigenvalue weighted by Crippen LogP contribution is -2.61. The van der Waals surface area contributed by atoms with Gasteiger partial charge in [0.15, 0.2) is 5.78 Å². The summed E-state index contributed by atoms with van der Waals surface area (Å²) in [7, 11) is 1.56. The molecule has 0 aromatic carbocycles. The fraction of sp³-hybridized carbons (Fsp3) is 0.735. The van der Waals surface area contributed by atoms with Crippen molar-refractivity contribution < 1.29 is 63.7 Å². The number of cyclic esters (lactones) is 1. The molecular weight excluding hydrogens is 811 g/mol. The molecule has 63 heavy (non-hydrogen) atoms. The number of carbonyl (C=O) groups is 5. The van der Waals surface area contributed by atoms with Gasteiger partial charge in [0.05, 0.1) is 24.4 Å². The first kappa shape index (κ1) is 52.3. The second-order valence-electron chi connectivity index (χ2n) is 19.2. The number of Topliss-reactive ketones (excluding diaryl/α,β-unsaturated/α-hetero) is 3. The monoisotopic (exact) mass is 886 g/mol. The highest BCUT2D eigenvalue weighted by molar-refractivity contribution is 6.39. The van der Waals surface area contributed by atoms with Gasteiger partial charge in [0, 0.05) is 44.2 Å². The minimum absolute atomic E-state index is 0.0275. The summed E-state index contributed by atoms with van der Waals surface area (Å²) in [5.74, 6) is -8.92. The Balaban J connectivity index is 1.68. The fourth-order valence-electron chi connectivity index (χ4n) is 9.66. The average molecular weight is 886 g/mol. The number of esters is 1. The number of piperidine rings is 1. The van der Waals surface area contributed by atoms with Gasteiger partial charge >= 0.3 is 5.97 Å². The molecule has 5 N–H and O–H groups in total. The number of allylic oxidation sites excluding steroid dienone is 6. The molecule has 3 aliphatic heterocycles. The summed E-state index contributed by atoms with van der Waals surface area (Å²) >= 11 is 0. The average Bonchev–Trinajstić information content (AvgIpc) is 3.25. The van der Waals surface area contributed by atoms with Crippen LogP contribution < -0.4 is 0 Å². The van der Waals surface area contributed by atoms with Gasteiger partial charge in [-0.1, -0.05) is 71.1 Å². The van der Waals surface area contributed by atoms with Gasteiger partial charge in [-0.3, -0.25) is 19.2 Å². The molecule has 14 heteroatoms. The van der Waals surface area contributed by atoms with Gasteiger partial charge in [-0.15, -0.1) is 0 Å². The van der Waals surface area contributed by atoms with E-state index in [-0.39, 0.29) is 42.6 Å². The maximum Gasteiger partial charge on any atom is 0.329 e. The highest BCUT2D eigenvalue weighted by Crippen LogP contribution is 2.37. The number of ether oxygens (including phenoxy) is 3. The van der Waals surface area contributed by atoms with Gasteiger partial charge in [-0.2, -0.15) is 0 Å². The number of fused-ring (bicyclic) bond motifs is 3. The van der Waals surface area contributed by atoms with E-state index in [1.807, 2.05) is 51.2 Å². The van der Waals surface area contributed by atoms with E-state index in [9.17, 15) is 49.5 Å². The van der Waals surface area contributed by atoms with Crippen molar-refractivity contribution in [3.8, 4) is 0 Å². The number of aliphatic hydroxyl groups excluding tert-OH is 4. The molecule has 0 aromatic rings. The Labute approximate surface area is 373 Å². The number of aliphatic hydroxyl groups is 5. The van der Waals surface area contributed by atoms with Crippen LogP contribution in [-0.2, 0) is 38.2 Å². The van der Waals surface area contributed by atoms with E-state index in [2.05, 4.69) is 0 Å². The van der Waals surface area contributed by atoms with Gasteiger partial charge in [0.1, 0.15) is 30.1 Å². The van der Waals surface area contributed by atoms with Gasteiger partial charge in [0.25, 0.3) is 11.7 Å². The van der Waals surface area contributed by atoms with Crippen LogP contribution >= 0.6 is 0 Å². The number of amides is 1. The van der Waals surface area contributed by atoms with Crippen LogP contribution in [0.15, 0.2) is 47.6 Å². The Morgan fingerprint density at radius 3 is 2.24 bits per heavy atom. The van der Waals surface area contributed by atoms with Crippen LogP contribution in [0.25, 0.3) is 0 Å². The van der Waals surface area contributed by atoms with Crippen molar-refractivity contribution in [1.29, 1.82) is 0 Å². The number of rotatable bonds is 4. The highest BCUT2D eigenvalue weighted by Gasteiger charge is 2.53. The molecule has 1 saturated carbocycles. The van der Waals surface area contributed by atoms with E-state index < -0.39 is 102 Å². The molecule has 1 unspecified atom stereocenters. The molecule has 15 atom stereocenters. The van der Waals surface area contributed by atoms with Gasteiger partial charge in [0.2, 0.25) is 5.79 Å². The lowest BCUT2D eigenvalue weighted by atomic mass is 9.78. The zero-order chi connectivity index (χ0) is 46.8. The second-order valence-corrected chi connectivity index (χ2v) is 19.2. The Morgan fingerprint density at radius 1 is 0.841 bits per heavy atom. The molecule has 1 aliphatic carbocycles. The van der Waals surface area contributed by atoms with Gasteiger partial charge < -0.3 is 44.6 Å². The molecule has 3 fully saturated rings. The third-order valence-corrected chi connectivity index (χ3v) is 14.0. The van der Waals surface area contributed by atoms with Crippen LogP contribution in [0.2, 0.25) is 0 Å². The lowest BCUT2D eigenvalue weighted by Gasteiger charge is -2.42. The van der Waals surface area contributed by atoms with E-state index >= 15 is 0 Å². The molecule has 0 spiro atoms. The van der Waals surface area contributed by atoms with Crippen LogP contribution in [0.1, 0.15) is 126 Å². The van der Waals surface area contributed by atoms with Crippen LogP contribution in [0.5, 0.6) is 0 Å². The zero-order valence-corrected chi connectivity index (χ0v) is 38.7. The summed E-state index contributed by atoms with van der Waals surface area (Å²) in [6, 6.07) is -1.17. The van der Waals surface area contributed by atoms with Crippen molar-refractivity contribution in [2.75, 3.05) is 13.7 Å². The van der Waals surface area contributed by atoms with Crippen molar-refractivity contribution in [2.24, 2.45) is 35.5 Å². The van der Waals surface area contributed by atoms with Gasteiger partial charge in [-0.05, 0) is 107 Å². The van der Waals surface area contributed by atoms with Crippen molar-refractivity contribution in [3.63, 3.8) is 0 Å². The first-order chi connectivity index (χ1) is 29.7. The Morgan fingerprint density at radius 2 is 1.56 bits per heavy atom. The van der Waals surface area contributed by atoms with Crippen LogP contribution in [0, 0.1) is 35.5 Å². The van der Waals surface area contributed by atoms with Crippen molar-refractivity contribution in [2.45, 2.75) is 180 Å². The number of carbonyl (C=O) groups excluding carboxylic acids is 5. The number of nitrogens with zero attached hydrogens (tertiary/aromatic N) is 1. The maximum atomic E-state index is 14.2. The summed E-state index contributed by atoms with van der Waals surface area (Å²) in [5.41, 5.74) is 1.09. The van der Waals surface area contributed by atoms with Crippen LogP contribution in [-0.4, -0.2) is 128 Å². The SMILES string of the molecule is CO[C@H]1C[C@@H]2CC[C@@H](C)[C@@](O)(O2)C(=O)C(=O)N2CCCC[C@H]2C(=O)OC([C@H](C)C[C@@H]2CC[C@@H](O)[C@H](O)C2)CC(=O)[C@H](C)/C=C(\C)[C@@H](O)[C@@H](O)C(=O)[C@H](C)C[C@H](C)/C=C/C=C/C=C/1C. The number of methoxy groups -OCH3 is 1. The molecule has 3 heterocycles. The molecule has 14 nitrogen and oxygen atoms in total. The molecule has 0 radical (unpaired) electrons. The normalized spacial score (nSPS) is 41.3.